The predicted molar refractivity (Wildman–Crippen MR) is 90.0 cm³/mol. The van der Waals surface area contributed by atoms with E-state index < -0.39 is 0 Å². The Labute approximate surface area is 132 Å². The van der Waals surface area contributed by atoms with Crippen LogP contribution in [0.15, 0.2) is 34.8 Å². The number of anilines is 2. The first-order chi connectivity index (χ1) is 10.1. The minimum absolute atomic E-state index is 0.000299. The largest absolute Gasteiger partial charge is 0.398 e. The van der Waals surface area contributed by atoms with Gasteiger partial charge in [-0.25, -0.2) is 0 Å². The molecule has 4 nitrogen and oxygen atoms in total. The van der Waals surface area contributed by atoms with Crippen molar-refractivity contribution in [1.29, 1.82) is 0 Å². The van der Waals surface area contributed by atoms with Gasteiger partial charge in [0.1, 0.15) is 0 Å². The van der Waals surface area contributed by atoms with Crippen LogP contribution in [-0.4, -0.2) is 23.4 Å². The van der Waals surface area contributed by atoms with Crippen molar-refractivity contribution in [2.24, 2.45) is 0 Å². The molecule has 0 bridgehead atoms. The second kappa shape index (κ2) is 6.93. The van der Waals surface area contributed by atoms with E-state index in [2.05, 4.69) is 15.9 Å². The lowest BCUT2D eigenvalue weighted by atomic mass is 9.92. The Morgan fingerprint density at radius 3 is 2.05 bits per heavy atom. The van der Waals surface area contributed by atoms with E-state index in [1.54, 1.807) is 0 Å². The van der Waals surface area contributed by atoms with E-state index in [0.717, 1.165) is 26.7 Å². The Morgan fingerprint density at radius 2 is 1.48 bits per heavy atom. The quantitative estimate of drug-likeness (QED) is 0.622. The first-order valence-electron chi connectivity index (χ1n) is 6.75. The molecule has 0 aliphatic rings. The van der Waals surface area contributed by atoms with Crippen LogP contribution in [0.4, 0.5) is 11.4 Å². The Kier molecular flexibility index (Phi) is 5.22. The molecule has 0 aliphatic heterocycles. The number of hydrogen-bond acceptors (Lipinski definition) is 4. The highest BCUT2D eigenvalue weighted by molar-refractivity contribution is 9.10. The molecule has 0 saturated carbocycles. The van der Waals surface area contributed by atoms with Crippen LogP contribution in [0, 0.1) is 0 Å². The summed E-state index contributed by atoms with van der Waals surface area (Å²) in [4.78, 5) is 0. The van der Waals surface area contributed by atoms with Crippen LogP contribution in [0.3, 0.4) is 0 Å². The molecule has 6 N–H and O–H groups in total. The van der Waals surface area contributed by atoms with Gasteiger partial charge in [0, 0.05) is 34.6 Å². The number of benzene rings is 2. The number of aliphatic hydroxyl groups is 2. The zero-order valence-corrected chi connectivity index (χ0v) is 13.2. The summed E-state index contributed by atoms with van der Waals surface area (Å²) in [5.74, 6) is 0. The molecular formula is C16H19BrN2O2. The van der Waals surface area contributed by atoms with Crippen molar-refractivity contribution in [3.8, 4) is 11.1 Å². The Bertz CT molecular complexity index is 627. The standard InChI is InChI=1S/C16H19BrN2O2/c17-11-3-1-10(2-4-11)14-9-15(18)12(5-7-20)13(6-8-21)16(14)19/h1-4,9,20-21H,5-8,18-19H2. The van der Waals surface area contributed by atoms with E-state index in [-0.39, 0.29) is 13.2 Å². The lowest BCUT2D eigenvalue weighted by Gasteiger charge is -2.18. The van der Waals surface area contributed by atoms with Crippen molar-refractivity contribution in [3.63, 3.8) is 0 Å². The lowest BCUT2D eigenvalue weighted by molar-refractivity contribution is 0.293. The maximum absolute atomic E-state index is 9.26. The number of halogens is 1. The lowest BCUT2D eigenvalue weighted by Crippen LogP contribution is -2.09. The molecule has 0 atom stereocenters. The minimum atomic E-state index is -0.00808. The van der Waals surface area contributed by atoms with Crippen molar-refractivity contribution in [2.75, 3.05) is 24.7 Å². The normalized spacial score (nSPS) is 10.8. The highest BCUT2D eigenvalue weighted by Gasteiger charge is 2.15. The summed E-state index contributed by atoms with van der Waals surface area (Å²) in [6, 6.07) is 9.65. The van der Waals surface area contributed by atoms with E-state index in [1.165, 1.54) is 0 Å². The molecule has 0 aromatic heterocycles. The van der Waals surface area contributed by atoms with Crippen LogP contribution in [0.1, 0.15) is 11.1 Å². The van der Waals surface area contributed by atoms with E-state index >= 15 is 0 Å². The summed E-state index contributed by atoms with van der Waals surface area (Å²) in [7, 11) is 0. The van der Waals surface area contributed by atoms with E-state index in [0.29, 0.717) is 24.2 Å². The van der Waals surface area contributed by atoms with Crippen molar-refractivity contribution < 1.29 is 10.2 Å². The summed E-state index contributed by atoms with van der Waals surface area (Å²) in [6.45, 7) is -0.00837. The topological polar surface area (TPSA) is 92.5 Å². The number of rotatable bonds is 5. The molecule has 2 aromatic rings. The summed E-state index contributed by atoms with van der Waals surface area (Å²) in [6.07, 6.45) is 0.863. The average molecular weight is 351 g/mol. The Hall–Kier alpha value is -1.56. The highest BCUT2D eigenvalue weighted by Crippen LogP contribution is 2.35. The van der Waals surface area contributed by atoms with Crippen molar-refractivity contribution >= 4 is 27.3 Å². The second-order valence-corrected chi connectivity index (χ2v) is 5.75. The van der Waals surface area contributed by atoms with Crippen LogP contribution < -0.4 is 11.5 Å². The van der Waals surface area contributed by atoms with Gasteiger partial charge in [-0.1, -0.05) is 28.1 Å². The van der Waals surface area contributed by atoms with Crippen LogP contribution >= 0.6 is 15.9 Å². The Balaban J connectivity index is 2.60. The predicted octanol–water partition coefficient (Wildman–Crippen LogP) is 2.35. The summed E-state index contributed by atoms with van der Waals surface area (Å²) in [5, 5.41) is 18.4. The molecule has 0 radical (unpaired) electrons. The van der Waals surface area contributed by atoms with Crippen molar-refractivity contribution in [1.82, 2.24) is 0 Å². The maximum atomic E-state index is 9.26. The monoisotopic (exact) mass is 350 g/mol. The van der Waals surface area contributed by atoms with Gasteiger partial charge in [0.25, 0.3) is 0 Å². The van der Waals surface area contributed by atoms with E-state index in [9.17, 15) is 10.2 Å². The molecule has 0 spiro atoms. The van der Waals surface area contributed by atoms with Crippen LogP contribution in [-0.2, 0) is 12.8 Å². The Morgan fingerprint density at radius 1 is 0.905 bits per heavy atom. The number of aliphatic hydroxyl groups excluding tert-OH is 2. The van der Waals surface area contributed by atoms with Gasteiger partial charge >= 0.3 is 0 Å². The molecule has 0 amide bonds. The third kappa shape index (κ3) is 3.37. The molecular weight excluding hydrogens is 332 g/mol. The van der Waals surface area contributed by atoms with Gasteiger partial charge in [0.05, 0.1) is 0 Å². The fourth-order valence-electron chi connectivity index (χ4n) is 2.49. The summed E-state index contributed by atoms with van der Waals surface area (Å²) in [5.41, 5.74) is 17.1. The molecule has 112 valence electrons. The first-order valence-corrected chi connectivity index (χ1v) is 7.55. The fraction of sp³-hybridized carbons (Fsp3) is 0.250. The van der Waals surface area contributed by atoms with Crippen LogP contribution in [0.2, 0.25) is 0 Å². The molecule has 0 unspecified atom stereocenters. The zero-order valence-electron chi connectivity index (χ0n) is 11.6. The van der Waals surface area contributed by atoms with E-state index in [1.807, 2.05) is 30.3 Å². The van der Waals surface area contributed by atoms with Gasteiger partial charge in [-0.3, -0.25) is 0 Å². The second-order valence-electron chi connectivity index (χ2n) is 4.84. The van der Waals surface area contributed by atoms with Gasteiger partial charge in [-0.15, -0.1) is 0 Å². The minimum Gasteiger partial charge on any atom is -0.398 e. The number of hydrogen-bond donors (Lipinski definition) is 4. The summed E-state index contributed by atoms with van der Waals surface area (Å²) < 4.78 is 0.991. The molecule has 5 heteroatoms. The third-order valence-corrected chi connectivity index (χ3v) is 4.04. The molecule has 0 saturated heterocycles. The maximum Gasteiger partial charge on any atom is 0.0472 e. The van der Waals surface area contributed by atoms with Gasteiger partial charge in [0.15, 0.2) is 0 Å². The molecule has 0 fully saturated rings. The van der Waals surface area contributed by atoms with E-state index in [4.69, 9.17) is 11.5 Å². The number of nitrogen functional groups attached to an aromatic ring is 2. The first kappa shape index (κ1) is 15.8. The van der Waals surface area contributed by atoms with Crippen LogP contribution in [0.25, 0.3) is 11.1 Å². The van der Waals surface area contributed by atoms with Crippen LogP contribution in [0.5, 0.6) is 0 Å². The molecule has 21 heavy (non-hydrogen) atoms. The molecule has 2 aromatic carbocycles. The zero-order chi connectivity index (χ0) is 15.4. The summed E-state index contributed by atoms with van der Waals surface area (Å²) >= 11 is 3.41. The fourth-order valence-corrected chi connectivity index (χ4v) is 2.76. The van der Waals surface area contributed by atoms with Gasteiger partial charge in [-0.2, -0.15) is 0 Å². The van der Waals surface area contributed by atoms with Gasteiger partial charge in [-0.05, 0) is 47.7 Å². The van der Waals surface area contributed by atoms with Gasteiger partial charge < -0.3 is 21.7 Å². The highest BCUT2D eigenvalue weighted by atomic mass is 79.9. The molecule has 0 aliphatic carbocycles. The van der Waals surface area contributed by atoms with Crippen molar-refractivity contribution in [3.05, 3.63) is 45.9 Å². The smallest absolute Gasteiger partial charge is 0.0472 e. The van der Waals surface area contributed by atoms with Gasteiger partial charge in [0.2, 0.25) is 0 Å². The molecule has 0 heterocycles. The van der Waals surface area contributed by atoms with Crippen molar-refractivity contribution in [2.45, 2.75) is 12.8 Å². The molecule has 2 rings (SSSR count). The third-order valence-electron chi connectivity index (χ3n) is 3.51. The average Bonchev–Trinajstić information content (AvgIpc) is 2.47. The number of nitrogens with two attached hydrogens (primary N) is 2. The SMILES string of the molecule is Nc1cc(-c2ccc(Br)cc2)c(N)c(CCO)c1CCO.